The summed E-state index contributed by atoms with van der Waals surface area (Å²) >= 11 is 0. The van der Waals surface area contributed by atoms with Crippen molar-refractivity contribution in [2.45, 2.75) is 24.3 Å². The molecule has 2 radical (unpaired) electrons. The minimum Gasteiger partial charge on any atom is -0.504 e. The Hall–Kier alpha value is -2.84. The van der Waals surface area contributed by atoms with E-state index >= 15 is 0 Å². The lowest BCUT2D eigenvalue weighted by molar-refractivity contribution is 0.454. The minimum absolute atomic E-state index is 0.0661. The van der Waals surface area contributed by atoms with E-state index in [1.54, 1.807) is 6.07 Å². The van der Waals surface area contributed by atoms with E-state index < -0.39 is 32.0 Å². The molecule has 0 aliphatic carbocycles. The highest BCUT2D eigenvalue weighted by atomic mass is 32.2. The molecule has 31 heavy (non-hydrogen) atoms. The zero-order valence-corrected chi connectivity index (χ0v) is 18.5. The fourth-order valence-electron chi connectivity index (χ4n) is 2.74. The highest BCUT2D eigenvalue weighted by Crippen LogP contribution is 2.32. The number of rotatable bonds is 6. The highest BCUT2D eigenvalue weighted by Gasteiger charge is 2.30. The maximum absolute atomic E-state index is 12.4. The summed E-state index contributed by atoms with van der Waals surface area (Å²) < 4.78 is 60.9. The van der Waals surface area contributed by atoms with Gasteiger partial charge < -0.3 is 14.8 Å². The number of aliphatic imine (C=N–C) groups is 1. The third-order valence-electron chi connectivity index (χ3n) is 4.31. The normalized spacial score (nSPS) is 18.1. The fraction of sp³-hybridized carbons (Fsp3) is 0.294. The van der Waals surface area contributed by atoms with Gasteiger partial charge in [0.2, 0.25) is 10.0 Å². The van der Waals surface area contributed by atoms with Gasteiger partial charge in [-0.05, 0) is 24.6 Å². The molecule has 1 atom stereocenters. The van der Waals surface area contributed by atoms with Gasteiger partial charge in [0, 0.05) is 14.1 Å². The largest absolute Gasteiger partial charge is 0.504 e. The first-order valence-corrected chi connectivity index (χ1v) is 11.9. The van der Waals surface area contributed by atoms with Gasteiger partial charge in [0.1, 0.15) is 24.5 Å². The number of furan rings is 1. The van der Waals surface area contributed by atoms with Crippen molar-refractivity contribution in [1.82, 2.24) is 9.03 Å². The van der Waals surface area contributed by atoms with Crippen molar-refractivity contribution in [3.63, 3.8) is 0 Å². The molecular weight excluding hydrogens is 445 g/mol. The molecule has 0 bridgehead atoms. The molecule has 1 aromatic carbocycles. The van der Waals surface area contributed by atoms with Crippen LogP contribution in [0.1, 0.15) is 25.1 Å². The van der Waals surface area contributed by atoms with Crippen LogP contribution in [0.3, 0.4) is 0 Å². The Kier molecular flexibility index (Phi) is 6.16. The molecule has 1 aliphatic heterocycles. The van der Waals surface area contributed by atoms with Gasteiger partial charge in [-0.3, -0.25) is 4.99 Å². The lowest BCUT2D eigenvalue weighted by Crippen LogP contribution is -2.31. The molecule has 0 unspecified atom stereocenters. The topological polar surface area (TPSA) is 154 Å². The van der Waals surface area contributed by atoms with Crippen LogP contribution in [0, 0.1) is 0 Å². The Labute approximate surface area is 181 Å². The lowest BCUT2D eigenvalue weighted by Gasteiger charge is -2.15. The number of phenols is 1. The van der Waals surface area contributed by atoms with E-state index in [9.17, 15) is 21.9 Å². The van der Waals surface area contributed by atoms with E-state index in [-0.39, 0.29) is 22.3 Å². The van der Waals surface area contributed by atoms with Gasteiger partial charge in [-0.25, -0.2) is 17.4 Å². The summed E-state index contributed by atoms with van der Waals surface area (Å²) in [7, 11) is 0.294. The molecule has 11 nitrogen and oxygen atoms in total. The number of para-hydroxylation sites is 1. The molecule has 2 aromatic rings. The monoisotopic (exact) mass is 465 g/mol. The smallest absolute Gasteiger partial charge is 0.345 e. The van der Waals surface area contributed by atoms with Crippen LogP contribution in [0.5, 0.6) is 5.75 Å². The van der Waals surface area contributed by atoms with Gasteiger partial charge >= 0.3 is 10.2 Å². The Bertz CT molecular complexity index is 1270. The molecular formula is C17H20BN5O6S2. The van der Waals surface area contributed by atoms with Crippen molar-refractivity contribution in [1.29, 1.82) is 0 Å². The van der Waals surface area contributed by atoms with Gasteiger partial charge in [-0.1, -0.05) is 18.5 Å². The van der Waals surface area contributed by atoms with E-state index in [1.165, 1.54) is 38.6 Å². The van der Waals surface area contributed by atoms with E-state index in [4.69, 9.17) is 12.3 Å². The summed E-state index contributed by atoms with van der Waals surface area (Å²) in [6.45, 7) is 1.82. The second-order valence-corrected chi connectivity index (χ2v) is 10.2. The quantitative estimate of drug-likeness (QED) is 0.408. The molecule has 0 amide bonds. The molecule has 3 N–H and O–H groups in total. The minimum atomic E-state index is -4.08. The molecule has 2 heterocycles. The van der Waals surface area contributed by atoms with Crippen LogP contribution in [0.15, 0.2) is 49.2 Å². The van der Waals surface area contributed by atoms with Crippen LogP contribution in [0.2, 0.25) is 0 Å². The Morgan fingerprint density at radius 3 is 2.68 bits per heavy atom. The number of hydrogen-bond donors (Lipinski definition) is 3. The van der Waals surface area contributed by atoms with Crippen molar-refractivity contribution in [2.24, 2.45) is 9.39 Å². The van der Waals surface area contributed by atoms with Crippen molar-refractivity contribution in [2.75, 3.05) is 19.4 Å². The molecule has 3 rings (SSSR count). The fourth-order valence-corrected chi connectivity index (χ4v) is 4.55. The van der Waals surface area contributed by atoms with Crippen molar-refractivity contribution in [3.8, 4) is 5.75 Å². The maximum atomic E-state index is 12.4. The predicted octanol–water partition coefficient (Wildman–Crippen LogP) is 0.237. The Morgan fingerprint density at radius 2 is 2.10 bits per heavy atom. The van der Waals surface area contributed by atoms with E-state index in [2.05, 4.69) is 19.4 Å². The number of sulfonamides is 1. The van der Waals surface area contributed by atoms with E-state index in [0.717, 1.165) is 4.31 Å². The van der Waals surface area contributed by atoms with Crippen LogP contribution in [0.4, 0.5) is 5.69 Å². The molecule has 0 saturated heterocycles. The molecule has 0 saturated carbocycles. The number of hydrogen-bond acceptors (Lipinski definition) is 8. The number of anilines is 1. The van der Waals surface area contributed by atoms with Gasteiger partial charge in [0.15, 0.2) is 17.4 Å². The lowest BCUT2D eigenvalue weighted by atomic mass is 9.99. The zero-order valence-electron chi connectivity index (χ0n) is 16.9. The Morgan fingerprint density at radius 1 is 1.39 bits per heavy atom. The van der Waals surface area contributed by atoms with Crippen LogP contribution in [-0.2, 0) is 20.2 Å². The SMILES string of the molecule is [B]c1coc([C@@H](CC)N=C2NS(=O)(=O)N=C2Nc2cccc(S(=O)(=O)N(C)C)c2O)c1. The number of nitrogens with zero attached hydrogens (tertiary/aromatic N) is 3. The molecule has 14 heteroatoms. The highest BCUT2D eigenvalue weighted by molar-refractivity contribution is 7.89. The summed E-state index contributed by atoms with van der Waals surface area (Å²) in [5.41, 5.74) is 0.333. The summed E-state index contributed by atoms with van der Waals surface area (Å²) in [6.07, 6.45) is 1.81. The molecule has 164 valence electrons. The standard InChI is InChI=1S/C17H20BN5O6S2/c1-4-11(13-8-10(18)9-29-13)19-16-17(22-31(27,28)21-16)20-12-6-5-7-14(15(12)24)30(25,26)23(2)3/h5-9,11,24H,4H2,1-3H3,(H,19,21)(H,20,22)/t11-/m1/s1. The third-order valence-corrected chi connectivity index (χ3v) is 7.03. The number of nitrogens with one attached hydrogen (secondary N) is 2. The molecule has 1 aliphatic rings. The summed E-state index contributed by atoms with van der Waals surface area (Å²) in [6, 6.07) is 5.01. The van der Waals surface area contributed by atoms with Crippen molar-refractivity contribution < 1.29 is 26.4 Å². The van der Waals surface area contributed by atoms with Crippen LogP contribution in [0.25, 0.3) is 0 Å². The average molecular weight is 465 g/mol. The number of benzene rings is 1. The summed E-state index contributed by atoms with van der Waals surface area (Å²) in [5, 5.41) is 13.1. The first-order valence-electron chi connectivity index (χ1n) is 9.01. The second-order valence-electron chi connectivity index (χ2n) is 6.77. The van der Waals surface area contributed by atoms with E-state index in [1.807, 2.05) is 6.92 Å². The Balaban J connectivity index is 2.00. The van der Waals surface area contributed by atoms with Gasteiger partial charge in [-0.15, -0.1) is 4.40 Å². The van der Waals surface area contributed by atoms with Gasteiger partial charge in [0.05, 0.1) is 12.0 Å². The average Bonchev–Trinajstić information content (AvgIpc) is 3.23. The number of aromatic hydroxyl groups is 1. The summed E-state index contributed by atoms with van der Waals surface area (Å²) in [5.74, 6) is -0.497. The molecule has 0 fully saturated rings. The summed E-state index contributed by atoms with van der Waals surface area (Å²) in [4.78, 5) is 4.00. The van der Waals surface area contributed by atoms with Crippen molar-refractivity contribution in [3.05, 3.63) is 36.3 Å². The number of phenolic OH excluding ortho intramolecular Hbond substituents is 1. The van der Waals surface area contributed by atoms with Crippen LogP contribution < -0.4 is 15.5 Å². The zero-order chi connectivity index (χ0) is 23.0. The van der Waals surface area contributed by atoms with Gasteiger partial charge in [-0.2, -0.15) is 8.42 Å². The first kappa shape index (κ1) is 22.8. The van der Waals surface area contributed by atoms with Crippen LogP contribution in [-0.4, -0.2) is 59.9 Å². The van der Waals surface area contributed by atoms with Crippen LogP contribution >= 0.6 is 0 Å². The van der Waals surface area contributed by atoms with Gasteiger partial charge in [0.25, 0.3) is 0 Å². The third kappa shape index (κ3) is 4.75. The maximum Gasteiger partial charge on any atom is 0.345 e. The number of amidine groups is 2. The first-order chi connectivity index (χ1) is 14.4. The molecule has 1 aromatic heterocycles. The second kappa shape index (κ2) is 8.36. The predicted molar refractivity (Wildman–Crippen MR) is 117 cm³/mol. The van der Waals surface area contributed by atoms with E-state index in [0.29, 0.717) is 17.6 Å². The molecule has 0 spiro atoms. The van der Waals surface area contributed by atoms with Crippen molar-refractivity contribution >= 4 is 50.9 Å².